The van der Waals surface area contributed by atoms with Crippen LogP contribution in [0, 0.1) is 13.8 Å². The minimum absolute atomic E-state index is 0.0997. The molecule has 0 aliphatic carbocycles. The van der Waals surface area contributed by atoms with Crippen molar-refractivity contribution in [3.05, 3.63) is 70.8 Å². The third-order valence-corrected chi connectivity index (χ3v) is 3.94. The summed E-state index contributed by atoms with van der Waals surface area (Å²) in [7, 11) is 0. The fourth-order valence-corrected chi connectivity index (χ4v) is 2.36. The minimum Gasteiger partial charge on any atom is -0.480 e. The highest BCUT2D eigenvalue weighted by Gasteiger charge is 2.22. The van der Waals surface area contributed by atoms with Gasteiger partial charge in [0.1, 0.15) is 12.6 Å². The fraction of sp³-hybridized carbons (Fsp3) is 0.263. The average molecular weight is 327 g/mol. The van der Waals surface area contributed by atoms with E-state index in [2.05, 4.69) is 5.32 Å². The summed E-state index contributed by atoms with van der Waals surface area (Å²) in [6, 6.07) is 13.9. The van der Waals surface area contributed by atoms with Gasteiger partial charge in [-0.1, -0.05) is 48.5 Å². The van der Waals surface area contributed by atoms with E-state index in [1.54, 1.807) is 0 Å². The highest BCUT2D eigenvalue weighted by molar-refractivity contribution is 5.80. The van der Waals surface area contributed by atoms with Crippen LogP contribution < -0.4 is 5.32 Å². The predicted octanol–water partition coefficient (Wildman–Crippen LogP) is 3.23. The molecule has 5 nitrogen and oxygen atoms in total. The van der Waals surface area contributed by atoms with Crippen LogP contribution in [0.3, 0.4) is 0 Å². The van der Waals surface area contributed by atoms with Crippen LogP contribution in [-0.4, -0.2) is 23.2 Å². The lowest BCUT2D eigenvalue weighted by atomic mass is 9.98. The Balaban J connectivity index is 1.96. The monoisotopic (exact) mass is 327 g/mol. The summed E-state index contributed by atoms with van der Waals surface area (Å²) in [5.41, 5.74) is 3.85. The molecule has 0 heterocycles. The Morgan fingerprint density at radius 3 is 2.46 bits per heavy atom. The quantitative estimate of drug-likeness (QED) is 0.854. The van der Waals surface area contributed by atoms with Crippen molar-refractivity contribution in [2.75, 3.05) is 0 Å². The summed E-state index contributed by atoms with van der Waals surface area (Å²) >= 11 is 0. The molecule has 0 aliphatic rings. The van der Waals surface area contributed by atoms with Gasteiger partial charge < -0.3 is 15.2 Å². The van der Waals surface area contributed by atoms with Crippen molar-refractivity contribution in [3.63, 3.8) is 0 Å². The molecule has 2 aromatic carbocycles. The number of nitrogens with one attached hydrogen (secondary N) is 1. The van der Waals surface area contributed by atoms with Crippen LogP contribution in [-0.2, 0) is 22.6 Å². The molecule has 2 aromatic rings. The number of rotatable bonds is 6. The molecule has 0 fully saturated rings. The zero-order chi connectivity index (χ0) is 17.5. The van der Waals surface area contributed by atoms with Crippen LogP contribution in [0.25, 0.3) is 0 Å². The van der Waals surface area contributed by atoms with Crippen LogP contribution in [0.2, 0.25) is 0 Å². The molecular formula is C19H21NO4. The number of ether oxygens (including phenoxy) is 1. The largest absolute Gasteiger partial charge is 0.480 e. The second-order valence-corrected chi connectivity index (χ2v) is 5.66. The van der Waals surface area contributed by atoms with E-state index in [1.807, 2.05) is 62.4 Å². The summed E-state index contributed by atoms with van der Waals surface area (Å²) in [6.45, 7) is 4.01. The molecule has 0 saturated carbocycles. The van der Waals surface area contributed by atoms with Gasteiger partial charge in [0, 0.05) is 6.42 Å². The first-order valence-corrected chi connectivity index (χ1v) is 7.72. The van der Waals surface area contributed by atoms with Gasteiger partial charge in [-0.25, -0.2) is 9.59 Å². The van der Waals surface area contributed by atoms with E-state index in [4.69, 9.17) is 4.74 Å². The lowest BCUT2D eigenvalue weighted by Crippen LogP contribution is -2.42. The van der Waals surface area contributed by atoms with Crippen LogP contribution in [0.1, 0.15) is 22.3 Å². The number of carboxylic acid groups (broad SMARTS) is 1. The van der Waals surface area contributed by atoms with Gasteiger partial charge in [0.15, 0.2) is 0 Å². The van der Waals surface area contributed by atoms with E-state index in [0.717, 1.165) is 22.3 Å². The Kier molecular flexibility index (Phi) is 5.95. The van der Waals surface area contributed by atoms with Gasteiger partial charge in [-0.05, 0) is 36.1 Å². The van der Waals surface area contributed by atoms with Crippen molar-refractivity contribution in [2.24, 2.45) is 0 Å². The summed E-state index contributed by atoms with van der Waals surface area (Å²) in [5, 5.41) is 11.8. The first-order valence-electron chi connectivity index (χ1n) is 7.72. The number of benzene rings is 2. The highest BCUT2D eigenvalue weighted by atomic mass is 16.5. The van der Waals surface area contributed by atoms with E-state index in [0.29, 0.717) is 0 Å². The van der Waals surface area contributed by atoms with Crippen molar-refractivity contribution in [1.82, 2.24) is 5.32 Å². The molecule has 0 saturated heterocycles. The zero-order valence-corrected chi connectivity index (χ0v) is 13.8. The topological polar surface area (TPSA) is 75.6 Å². The van der Waals surface area contributed by atoms with E-state index >= 15 is 0 Å². The Labute approximate surface area is 141 Å². The summed E-state index contributed by atoms with van der Waals surface area (Å²) in [4.78, 5) is 23.3. The third-order valence-electron chi connectivity index (χ3n) is 3.94. The van der Waals surface area contributed by atoms with Crippen LogP contribution in [0.5, 0.6) is 0 Å². The fourth-order valence-electron chi connectivity index (χ4n) is 2.36. The Morgan fingerprint density at radius 2 is 1.79 bits per heavy atom. The molecule has 2 N–H and O–H groups in total. The summed E-state index contributed by atoms with van der Waals surface area (Å²) in [6.07, 6.45) is -0.528. The predicted molar refractivity (Wildman–Crippen MR) is 90.8 cm³/mol. The molecule has 1 amide bonds. The van der Waals surface area contributed by atoms with Gasteiger partial charge in [0.2, 0.25) is 0 Å². The van der Waals surface area contributed by atoms with E-state index in [1.165, 1.54) is 0 Å². The van der Waals surface area contributed by atoms with Crippen molar-refractivity contribution >= 4 is 12.1 Å². The smallest absolute Gasteiger partial charge is 0.408 e. The molecule has 0 radical (unpaired) electrons. The molecule has 0 unspecified atom stereocenters. The second kappa shape index (κ2) is 8.15. The first kappa shape index (κ1) is 17.5. The van der Waals surface area contributed by atoms with Gasteiger partial charge in [0.25, 0.3) is 0 Å². The van der Waals surface area contributed by atoms with Crippen molar-refractivity contribution in [3.8, 4) is 0 Å². The first-order chi connectivity index (χ1) is 11.5. The van der Waals surface area contributed by atoms with Gasteiger partial charge in [-0.3, -0.25) is 0 Å². The SMILES string of the molecule is Cc1cccc(C[C@H](NC(=O)OCc2ccccc2)C(=O)O)c1C. The molecule has 126 valence electrons. The van der Waals surface area contributed by atoms with Gasteiger partial charge in [0.05, 0.1) is 0 Å². The number of carboxylic acids is 1. The van der Waals surface area contributed by atoms with Crippen LogP contribution in [0.4, 0.5) is 4.79 Å². The minimum atomic E-state index is -1.09. The van der Waals surface area contributed by atoms with Crippen LogP contribution >= 0.6 is 0 Å². The number of aliphatic carboxylic acids is 1. The summed E-state index contributed by atoms with van der Waals surface area (Å²) in [5.74, 6) is -1.09. The number of carbonyl (C=O) groups excluding carboxylic acids is 1. The number of amides is 1. The molecule has 5 heteroatoms. The zero-order valence-electron chi connectivity index (χ0n) is 13.8. The lowest BCUT2D eigenvalue weighted by Gasteiger charge is -2.16. The lowest BCUT2D eigenvalue weighted by molar-refractivity contribution is -0.139. The molecule has 0 aliphatic heterocycles. The molecular weight excluding hydrogens is 306 g/mol. The number of hydrogen-bond donors (Lipinski definition) is 2. The standard InChI is InChI=1S/C19H21NO4/c1-13-7-6-10-16(14(13)2)11-17(18(21)22)20-19(23)24-12-15-8-4-3-5-9-15/h3-10,17H,11-12H2,1-2H3,(H,20,23)(H,21,22)/t17-/m0/s1. The van der Waals surface area contributed by atoms with Gasteiger partial charge in [-0.15, -0.1) is 0 Å². The number of hydrogen-bond acceptors (Lipinski definition) is 3. The maximum absolute atomic E-state index is 11.9. The van der Waals surface area contributed by atoms with Gasteiger partial charge >= 0.3 is 12.1 Å². The highest BCUT2D eigenvalue weighted by Crippen LogP contribution is 2.15. The van der Waals surface area contributed by atoms with E-state index < -0.39 is 18.1 Å². The Morgan fingerprint density at radius 1 is 1.08 bits per heavy atom. The van der Waals surface area contributed by atoms with Crippen molar-refractivity contribution < 1.29 is 19.4 Å². The van der Waals surface area contributed by atoms with Crippen molar-refractivity contribution in [1.29, 1.82) is 0 Å². The molecule has 1 atom stereocenters. The Hall–Kier alpha value is -2.82. The van der Waals surface area contributed by atoms with Crippen LogP contribution in [0.15, 0.2) is 48.5 Å². The number of alkyl carbamates (subject to hydrolysis) is 1. The van der Waals surface area contributed by atoms with Gasteiger partial charge in [-0.2, -0.15) is 0 Å². The normalized spacial score (nSPS) is 11.6. The molecule has 0 spiro atoms. The molecule has 24 heavy (non-hydrogen) atoms. The average Bonchev–Trinajstić information content (AvgIpc) is 2.57. The van der Waals surface area contributed by atoms with Crippen molar-refractivity contribution in [2.45, 2.75) is 32.9 Å². The number of aryl methyl sites for hydroxylation is 1. The number of carbonyl (C=O) groups is 2. The molecule has 2 rings (SSSR count). The molecule has 0 bridgehead atoms. The second-order valence-electron chi connectivity index (χ2n) is 5.66. The van der Waals surface area contributed by atoms with E-state index in [9.17, 15) is 14.7 Å². The third kappa shape index (κ3) is 4.84. The summed E-state index contributed by atoms with van der Waals surface area (Å²) < 4.78 is 5.09. The maximum Gasteiger partial charge on any atom is 0.408 e. The maximum atomic E-state index is 11.9. The molecule has 0 aromatic heterocycles. The van der Waals surface area contributed by atoms with E-state index in [-0.39, 0.29) is 13.0 Å². The Bertz CT molecular complexity index is 713.